The van der Waals surface area contributed by atoms with E-state index in [0.717, 1.165) is 19.4 Å². The molecule has 1 atom stereocenters. The molecule has 2 heterocycles. The predicted molar refractivity (Wildman–Crippen MR) is 53.5 cm³/mol. The Labute approximate surface area is 87.4 Å². The Morgan fingerprint density at radius 2 is 2.60 bits per heavy atom. The Morgan fingerprint density at radius 1 is 1.73 bits per heavy atom. The van der Waals surface area contributed by atoms with Crippen LogP contribution in [0, 0.1) is 0 Å². The number of ether oxygens (including phenoxy) is 2. The second kappa shape index (κ2) is 4.55. The van der Waals surface area contributed by atoms with Crippen LogP contribution in [0.25, 0.3) is 0 Å². The zero-order valence-electron chi connectivity index (χ0n) is 8.66. The zero-order chi connectivity index (χ0) is 10.7. The van der Waals surface area contributed by atoms with E-state index in [1.165, 1.54) is 6.07 Å². The molecule has 82 valence electrons. The molecule has 2 rings (SSSR count). The van der Waals surface area contributed by atoms with Crippen LogP contribution >= 0.6 is 0 Å². The summed E-state index contributed by atoms with van der Waals surface area (Å²) in [6.45, 7) is 1.06. The number of H-pyrrole nitrogens is 1. The predicted octanol–water partition coefficient (Wildman–Crippen LogP) is 0.768. The summed E-state index contributed by atoms with van der Waals surface area (Å²) in [7, 11) is 1.57. The van der Waals surface area contributed by atoms with Crippen LogP contribution in [0.4, 0.5) is 0 Å². The second-order valence-corrected chi connectivity index (χ2v) is 3.55. The molecular weight excluding hydrogens is 196 g/mol. The molecule has 0 aromatic carbocycles. The smallest absolute Gasteiger partial charge is 0.251 e. The Morgan fingerprint density at radius 3 is 3.27 bits per heavy atom. The number of methoxy groups -OCH3 is 1. The van der Waals surface area contributed by atoms with Gasteiger partial charge in [0, 0.05) is 19.8 Å². The van der Waals surface area contributed by atoms with E-state index in [9.17, 15) is 4.79 Å². The molecule has 0 amide bonds. The van der Waals surface area contributed by atoms with Crippen molar-refractivity contribution in [2.75, 3.05) is 13.7 Å². The minimum absolute atomic E-state index is 0.0251. The maximum Gasteiger partial charge on any atom is 0.251 e. The first-order valence-electron chi connectivity index (χ1n) is 5.00. The summed E-state index contributed by atoms with van der Waals surface area (Å²) in [6, 6.07) is 1.50. The van der Waals surface area contributed by atoms with Crippen molar-refractivity contribution < 1.29 is 9.47 Å². The summed E-state index contributed by atoms with van der Waals surface area (Å²) in [6.07, 6.45) is 1.93. The average molecular weight is 210 g/mol. The van der Waals surface area contributed by atoms with Crippen molar-refractivity contribution in [1.82, 2.24) is 9.97 Å². The lowest BCUT2D eigenvalue weighted by Crippen LogP contribution is -2.15. The van der Waals surface area contributed by atoms with Gasteiger partial charge in [-0.3, -0.25) is 4.79 Å². The third-order valence-electron chi connectivity index (χ3n) is 2.35. The van der Waals surface area contributed by atoms with Gasteiger partial charge in [0.2, 0.25) is 0 Å². The van der Waals surface area contributed by atoms with E-state index < -0.39 is 0 Å². The van der Waals surface area contributed by atoms with Crippen LogP contribution in [0.5, 0.6) is 0 Å². The van der Waals surface area contributed by atoms with Crippen LogP contribution in [-0.2, 0) is 16.1 Å². The molecule has 0 spiro atoms. The fourth-order valence-electron chi connectivity index (χ4n) is 1.71. The third kappa shape index (κ3) is 2.43. The van der Waals surface area contributed by atoms with Gasteiger partial charge in [0.15, 0.2) is 0 Å². The van der Waals surface area contributed by atoms with Gasteiger partial charge < -0.3 is 14.5 Å². The summed E-state index contributed by atoms with van der Waals surface area (Å²) < 4.78 is 10.4. The molecule has 1 aliphatic rings. The number of hydrogen-bond donors (Lipinski definition) is 1. The van der Waals surface area contributed by atoms with Crippen LogP contribution in [0.3, 0.4) is 0 Å². The Bertz CT molecular complexity index is 382. The van der Waals surface area contributed by atoms with E-state index in [1.807, 2.05) is 0 Å². The minimum Gasteiger partial charge on any atom is -0.377 e. The molecule has 15 heavy (non-hydrogen) atoms. The quantitative estimate of drug-likeness (QED) is 0.800. The lowest BCUT2D eigenvalue weighted by Gasteiger charge is -2.09. The molecular formula is C10H14N2O3. The second-order valence-electron chi connectivity index (χ2n) is 3.55. The van der Waals surface area contributed by atoms with Crippen molar-refractivity contribution in [2.45, 2.75) is 25.6 Å². The standard InChI is InChI=1S/C10H14N2O3/c1-14-6-9-11-7(5-10(13)12-9)8-3-2-4-15-8/h5,8H,2-4,6H2,1H3,(H,11,12,13)/t8-/m0/s1. The third-order valence-corrected chi connectivity index (χ3v) is 2.35. The first-order chi connectivity index (χ1) is 7.29. The van der Waals surface area contributed by atoms with Crippen molar-refractivity contribution in [2.24, 2.45) is 0 Å². The first-order valence-corrected chi connectivity index (χ1v) is 5.00. The largest absolute Gasteiger partial charge is 0.377 e. The van der Waals surface area contributed by atoms with Crippen LogP contribution in [0.1, 0.15) is 30.5 Å². The fraction of sp³-hybridized carbons (Fsp3) is 0.600. The Hall–Kier alpha value is -1.20. The van der Waals surface area contributed by atoms with Gasteiger partial charge in [-0.25, -0.2) is 4.98 Å². The molecule has 0 saturated carbocycles. The van der Waals surface area contributed by atoms with E-state index in [1.54, 1.807) is 7.11 Å². The van der Waals surface area contributed by atoms with Crippen molar-refractivity contribution in [1.29, 1.82) is 0 Å². The van der Waals surface area contributed by atoms with Gasteiger partial charge in [0.05, 0.1) is 11.8 Å². The van der Waals surface area contributed by atoms with E-state index in [4.69, 9.17) is 9.47 Å². The number of hydrogen-bond acceptors (Lipinski definition) is 4. The SMILES string of the molecule is COCc1nc([C@@H]2CCCO2)cc(=O)[nH]1. The van der Waals surface area contributed by atoms with E-state index in [-0.39, 0.29) is 11.7 Å². The van der Waals surface area contributed by atoms with Gasteiger partial charge >= 0.3 is 0 Å². The highest BCUT2D eigenvalue weighted by Crippen LogP contribution is 2.25. The zero-order valence-corrected chi connectivity index (χ0v) is 8.66. The van der Waals surface area contributed by atoms with Crippen LogP contribution in [0.15, 0.2) is 10.9 Å². The topological polar surface area (TPSA) is 64.2 Å². The Kier molecular flexibility index (Phi) is 3.13. The van der Waals surface area contributed by atoms with Crippen LogP contribution in [0.2, 0.25) is 0 Å². The summed E-state index contributed by atoms with van der Waals surface area (Å²) in [5.74, 6) is 0.551. The lowest BCUT2D eigenvalue weighted by molar-refractivity contribution is 0.107. The molecule has 0 aliphatic carbocycles. The molecule has 0 radical (unpaired) electrons. The molecule has 5 nitrogen and oxygen atoms in total. The van der Waals surface area contributed by atoms with Crippen molar-refractivity contribution in [3.63, 3.8) is 0 Å². The van der Waals surface area contributed by atoms with Gasteiger partial charge in [-0.15, -0.1) is 0 Å². The van der Waals surface area contributed by atoms with Crippen molar-refractivity contribution in [3.05, 3.63) is 27.9 Å². The lowest BCUT2D eigenvalue weighted by atomic mass is 10.2. The van der Waals surface area contributed by atoms with Crippen LogP contribution in [-0.4, -0.2) is 23.7 Å². The molecule has 1 aliphatic heterocycles. The molecule has 0 bridgehead atoms. The molecule has 1 aromatic rings. The molecule has 1 fully saturated rings. The molecule has 1 aromatic heterocycles. The molecule has 1 saturated heterocycles. The van der Waals surface area contributed by atoms with E-state index in [2.05, 4.69) is 9.97 Å². The monoisotopic (exact) mass is 210 g/mol. The van der Waals surface area contributed by atoms with Gasteiger partial charge in [-0.1, -0.05) is 0 Å². The summed E-state index contributed by atoms with van der Waals surface area (Å²) >= 11 is 0. The number of aromatic amines is 1. The minimum atomic E-state index is -0.150. The highest BCUT2D eigenvalue weighted by Gasteiger charge is 2.19. The molecule has 0 unspecified atom stereocenters. The first kappa shape index (κ1) is 10.3. The van der Waals surface area contributed by atoms with E-state index >= 15 is 0 Å². The van der Waals surface area contributed by atoms with Gasteiger partial charge in [-0.05, 0) is 12.8 Å². The number of nitrogens with zero attached hydrogens (tertiary/aromatic N) is 1. The van der Waals surface area contributed by atoms with Crippen LogP contribution < -0.4 is 5.56 Å². The maximum atomic E-state index is 11.3. The highest BCUT2D eigenvalue weighted by atomic mass is 16.5. The fourth-order valence-corrected chi connectivity index (χ4v) is 1.71. The van der Waals surface area contributed by atoms with Gasteiger partial charge in [0.1, 0.15) is 12.4 Å². The van der Waals surface area contributed by atoms with Gasteiger partial charge in [0.25, 0.3) is 5.56 Å². The van der Waals surface area contributed by atoms with E-state index in [0.29, 0.717) is 18.1 Å². The summed E-state index contributed by atoms with van der Waals surface area (Å²) in [5.41, 5.74) is 0.561. The number of nitrogens with one attached hydrogen (secondary N) is 1. The molecule has 1 N–H and O–H groups in total. The normalized spacial score (nSPS) is 20.7. The Balaban J connectivity index is 2.26. The maximum absolute atomic E-state index is 11.3. The molecule has 5 heteroatoms. The highest BCUT2D eigenvalue weighted by molar-refractivity contribution is 5.07. The van der Waals surface area contributed by atoms with Crippen molar-refractivity contribution in [3.8, 4) is 0 Å². The summed E-state index contributed by atoms with van der Waals surface area (Å²) in [4.78, 5) is 18.3. The van der Waals surface area contributed by atoms with Crippen molar-refractivity contribution >= 4 is 0 Å². The number of rotatable bonds is 3. The van der Waals surface area contributed by atoms with Gasteiger partial charge in [-0.2, -0.15) is 0 Å². The summed E-state index contributed by atoms with van der Waals surface area (Å²) in [5, 5.41) is 0. The number of aromatic nitrogens is 2. The average Bonchev–Trinajstić information content (AvgIpc) is 2.70.